The summed E-state index contributed by atoms with van der Waals surface area (Å²) in [6.45, 7) is 0.246. The minimum Gasteiger partial charge on any atom is -0.491 e. The summed E-state index contributed by atoms with van der Waals surface area (Å²) in [5.74, 6) is 0.362. The fraction of sp³-hybridized carbons (Fsp3) is 0.188. The number of ether oxygens (including phenoxy) is 1. The number of para-hydroxylation sites is 1. The molecule has 1 heterocycles. The first-order valence-corrected chi connectivity index (χ1v) is 9.11. The van der Waals surface area contributed by atoms with Crippen molar-refractivity contribution in [2.45, 2.75) is 11.3 Å². The van der Waals surface area contributed by atoms with Crippen LogP contribution < -0.4 is 14.8 Å². The lowest BCUT2D eigenvalue weighted by Gasteiger charge is -2.10. The zero-order valence-electron chi connectivity index (χ0n) is 12.6. The van der Waals surface area contributed by atoms with Crippen molar-refractivity contribution in [1.29, 1.82) is 0 Å². The van der Waals surface area contributed by atoms with Crippen molar-refractivity contribution in [3.05, 3.63) is 53.1 Å². The highest BCUT2D eigenvalue weighted by molar-refractivity contribution is 7.89. The standard InChI is InChI=1S/C16H15ClN2O4S/c17-13-3-1-2-4-15(13)23-8-7-18-24(21,22)12-5-6-14-11(9-12)10-16(20)19-14/h1-6,9,18H,7-8,10H2,(H,19,20). The second-order valence-electron chi connectivity index (χ2n) is 5.22. The molecule has 2 aromatic rings. The molecule has 0 aliphatic carbocycles. The monoisotopic (exact) mass is 366 g/mol. The van der Waals surface area contributed by atoms with E-state index in [0.29, 0.717) is 22.0 Å². The van der Waals surface area contributed by atoms with Crippen LogP contribution in [0.2, 0.25) is 5.02 Å². The SMILES string of the molecule is O=C1Cc2cc(S(=O)(=O)NCCOc3ccccc3Cl)ccc2N1. The first kappa shape index (κ1) is 16.8. The van der Waals surface area contributed by atoms with Crippen LogP contribution in [0.15, 0.2) is 47.4 Å². The Hall–Kier alpha value is -2.09. The number of anilines is 1. The maximum atomic E-state index is 12.3. The first-order valence-electron chi connectivity index (χ1n) is 7.25. The molecule has 2 aromatic carbocycles. The number of halogens is 1. The molecule has 0 bridgehead atoms. The number of rotatable bonds is 6. The number of nitrogens with one attached hydrogen (secondary N) is 2. The van der Waals surface area contributed by atoms with E-state index in [4.69, 9.17) is 16.3 Å². The Balaban J connectivity index is 1.60. The van der Waals surface area contributed by atoms with Gasteiger partial charge in [0.15, 0.2) is 0 Å². The van der Waals surface area contributed by atoms with E-state index in [-0.39, 0.29) is 30.4 Å². The summed E-state index contributed by atoms with van der Waals surface area (Å²) in [7, 11) is -3.67. The number of amides is 1. The van der Waals surface area contributed by atoms with Crippen LogP contribution in [0.5, 0.6) is 5.75 Å². The Bertz CT molecular complexity index is 883. The molecule has 6 nitrogen and oxygen atoms in total. The molecule has 24 heavy (non-hydrogen) atoms. The third kappa shape index (κ3) is 3.69. The van der Waals surface area contributed by atoms with Gasteiger partial charge < -0.3 is 10.1 Å². The van der Waals surface area contributed by atoms with Gasteiger partial charge in [-0.25, -0.2) is 13.1 Å². The lowest BCUT2D eigenvalue weighted by molar-refractivity contribution is -0.115. The van der Waals surface area contributed by atoms with Gasteiger partial charge in [0.1, 0.15) is 12.4 Å². The molecular weight excluding hydrogens is 352 g/mol. The van der Waals surface area contributed by atoms with E-state index in [1.54, 1.807) is 30.3 Å². The van der Waals surface area contributed by atoms with E-state index in [0.717, 1.165) is 0 Å². The minimum atomic E-state index is -3.67. The van der Waals surface area contributed by atoms with E-state index in [1.807, 2.05) is 0 Å². The largest absolute Gasteiger partial charge is 0.491 e. The fourth-order valence-corrected chi connectivity index (χ4v) is 3.61. The molecule has 3 rings (SSSR count). The van der Waals surface area contributed by atoms with Crippen molar-refractivity contribution in [2.75, 3.05) is 18.5 Å². The topological polar surface area (TPSA) is 84.5 Å². The molecule has 2 N–H and O–H groups in total. The molecule has 0 atom stereocenters. The summed E-state index contributed by atoms with van der Waals surface area (Å²) < 4.78 is 32.5. The maximum Gasteiger partial charge on any atom is 0.240 e. The molecular formula is C16H15ClN2O4S. The second-order valence-corrected chi connectivity index (χ2v) is 7.39. The molecule has 1 aliphatic rings. The minimum absolute atomic E-state index is 0.0990. The van der Waals surface area contributed by atoms with Gasteiger partial charge in [-0.1, -0.05) is 23.7 Å². The lowest BCUT2D eigenvalue weighted by atomic mass is 10.2. The van der Waals surface area contributed by atoms with Crippen LogP contribution in [0.3, 0.4) is 0 Å². The fourth-order valence-electron chi connectivity index (χ4n) is 2.35. The Morgan fingerprint density at radius 1 is 1.21 bits per heavy atom. The van der Waals surface area contributed by atoms with Crippen LogP contribution in [0, 0.1) is 0 Å². The number of carbonyl (C=O) groups is 1. The predicted octanol–water partition coefficient (Wildman–Crippen LogP) is 2.19. The van der Waals surface area contributed by atoms with Crippen molar-refractivity contribution in [1.82, 2.24) is 4.72 Å². The molecule has 0 saturated heterocycles. The number of fused-ring (bicyclic) bond motifs is 1. The summed E-state index contributed by atoms with van der Waals surface area (Å²) in [5, 5.41) is 3.13. The number of hydrogen-bond acceptors (Lipinski definition) is 4. The Morgan fingerprint density at radius 3 is 2.79 bits per heavy atom. The molecule has 0 spiro atoms. The molecule has 126 valence electrons. The van der Waals surface area contributed by atoms with Gasteiger partial charge in [0.05, 0.1) is 16.3 Å². The number of sulfonamides is 1. The zero-order valence-corrected chi connectivity index (χ0v) is 14.2. The highest BCUT2D eigenvalue weighted by Gasteiger charge is 2.21. The van der Waals surface area contributed by atoms with Gasteiger partial charge in [-0.2, -0.15) is 0 Å². The van der Waals surface area contributed by atoms with Crippen molar-refractivity contribution < 1.29 is 17.9 Å². The molecule has 8 heteroatoms. The molecule has 0 radical (unpaired) electrons. The smallest absolute Gasteiger partial charge is 0.240 e. The molecule has 1 aliphatic heterocycles. The van der Waals surface area contributed by atoms with E-state index in [1.165, 1.54) is 12.1 Å². The van der Waals surface area contributed by atoms with Gasteiger partial charge in [0.2, 0.25) is 15.9 Å². The number of carbonyl (C=O) groups excluding carboxylic acids is 1. The van der Waals surface area contributed by atoms with Crippen LogP contribution in [0.1, 0.15) is 5.56 Å². The van der Waals surface area contributed by atoms with E-state index in [2.05, 4.69) is 10.0 Å². The van der Waals surface area contributed by atoms with Gasteiger partial charge in [-0.05, 0) is 35.9 Å². The second kappa shape index (κ2) is 6.80. The first-order chi connectivity index (χ1) is 11.5. The van der Waals surface area contributed by atoms with Gasteiger partial charge >= 0.3 is 0 Å². The van der Waals surface area contributed by atoms with E-state index < -0.39 is 10.0 Å². The average Bonchev–Trinajstić information content (AvgIpc) is 2.92. The third-order valence-corrected chi connectivity index (χ3v) is 5.27. The van der Waals surface area contributed by atoms with Crippen LogP contribution in [-0.2, 0) is 21.2 Å². The van der Waals surface area contributed by atoms with Crippen molar-refractivity contribution in [3.63, 3.8) is 0 Å². The van der Waals surface area contributed by atoms with Crippen LogP contribution >= 0.6 is 11.6 Å². The van der Waals surface area contributed by atoms with Crippen molar-refractivity contribution in [2.24, 2.45) is 0 Å². The summed E-state index contributed by atoms with van der Waals surface area (Å²) in [5.41, 5.74) is 1.33. The lowest BCUT2D eigenvalue weighted by Crippen LogP contribution is -2.28. The van der Waals surface area contributed by atoms with Gasteiger partial charge in [-0.15, -0.1) is 0 Å². The van der Waals surface area contributed by atoms with E-state index in [9.17, 15) is 13.2 Å². The normalized spacial score (nSPS) is 13.5. The van der Waals surface area contributed by atoms with Crippen molar-refractivity contribution in [3.8, 4) is 5.75 Å². The van der Waals surface area contributed by atoms with Gasteiger partial charge in [0, 0.05) is 12.2 Å². The summed E-state index contributed by atoms with van der Waals surface area (Å²) in [4.78, 5) is 11.5. The number of benzene rings is 2. The summed E-state index contributed by atoms with van der Waals surface area (Å²) in [6.07, 6.45) is 0.189. The highest BCUT2D eigenvalue weighted by Crippen LogP contribution is 2.26. The molecule has 0 aromatic heterocycles. The molecule has 1 amide bonds. The average molecular weight is 367 g/mol. The third-order valence-electron chi connectivity index (χ3n) is 3.50. The highest BCUT2D eigenvalue weighted by atomic mass is 35.5. The van der Waals surface area contributed by atoms with E-state index >= 15 is 0 Å². The summed E-state index contributed by atoms with van der Waals surface area (Å²) >= 11 is 5.96. The molecule has 0 saturated carbocycles. The van der Waals surface area contributed by atoms with Gasteiger partial charge in [-0.3, -0.25) is 4.79 Å². The van der Waals surface area contributed by atoms with Crippen LogP contribution in [0.25, 0.3) is 0 Å². The van der Waals surface area contributed by atoms with Crippen LogP contribution in [0.4, 0.5) is 5.69 Å². The number of hydrogen-bond donors (Lipinski definition) is 2. The Morgan fingerprint density at radius 2 is 2.00 bits per heavy atom. The molecule has 0 unspecified atom stereocenters. The Kier molecular flexibility index (Phi) is 4.75. The van der Waals surface area contributed by atoms with Crippen LogP contribution in [-0.4, -0.2) is 27.5 Å². The van der Waals surface area contributed by atoms with Crippen molar-refractivity contribution >= 4 is 33.2 Å². The summed E-state index contributed by atoms with van der Waals surface area (Å²) in [6, 6.07) is 11.5. The predicted molar refractivity (Wildman–Crippen MR) is 90.9 cm³/mol. The quantitative estimate of drug-likeness (QED) is 0.767. The molecule has 0 fully saturated rings. The maximum absolute atomic E-state index is 12.3. The zero-order chi connectivity index (χ0) is 17.2. The van der Waals surface area contributed by atoms with Gasteiger partial charge in [0.25, 0.3) is 0 Å². The Labute approximate surface area is 144 Å².